The van der Waals surface area contributed by atoms with Gasteiger partial charge in [0, 0.05) is 11.1 Å². The SMILES string of the molecule is CC(C)N=C(c1ccccc1)[C@](C)(Cl)[C@@H](OS(C)(=O)=O)c1ccc(Cl)cc1. The van der Waals surface area contributed by atoms with E-state index in [1.54, 1.807) is 31.2 Å². The maximum atomic E-state index is 12.0. The average Bonchev–Trinajstić information content (AvgIpc) is 2.58. The molecule has 0 aromatic heterocycles. The Labute approximate surface area is 171 Å². The summed E-state index contributed by atoms with van der Waals surface area (Å²) >= 11 is 12.9. The zero-order valence-corrected chi connectivity index (χ0v) is 18.0. The van der Waals surface area contributed by atoms with Gasteiger partial charge in [-0.25, -0.2) is 0 Å². The first-order valence-electron chi connectivity index (χ1n) is 8.47. The van der Waals surface area contributed by atoms with E-state index in [0.29, 0.717) is 16.3 Å². The third-order valence-corrected chi connectivity index (χ3v) is 5.00. The number of nitrogens with zero attached hydrogens (tertiary/aromatic N) is 1. The van der Waals surface area contributed by atoms with E-state index >= 15 is 0 Å². The van der Waals surface area contributed by atoms with Gasteiger partial charge < -0.3 is 0 Å². The molecule has 0 saturated carbocycles. The molecule has 0 unspecified atom stereocenters. The molecule has 0 N–H and O–H groups in total. The van der Waals surface area contributed by atoms with Gasteiger partial charge in [-0.2, -0.15) is 8.42 Å². The van der Waals surface area contributed by atoms with E-state index in [4.69, 9.17) is 32.4 Å². The Balaban J connectivity index is 2.63. The highest BCUT2D eigenvalue weighted by atomic mass is 35.5. The zero-order chi connectivity index (χ0) is 20.2. The molecule has 4 nitrogen and oxygen atoms in total. The van der Waals surface area contributed by atoms with E-state index < -0.39 is 21.1 Å². The van der Waals surface area contributed by atoms with Crippen LogP contribution in [-0.2, 0) is 14.3 Å². The summed E-state index contributed by atoms with van der Waals surface area (Å²) in [7, 11) is -3.78. The van der Waals surface area contributed by atoms with Crippen LogP contribution in [0.4, 0.5) is 0 Å². The van der Waals surface area contributed by atoms with Crippen molar-refractivity contribution in [1.82, 2.24) is 0 Å². The summed E-state index contributed by atoms with van der Waals surface area (Å²) < 4.78 is 29.4. The van der Waals surface area contributed by atoms with Gasteiger partial charge in [-0.1, -0.05) is 54.1 Å². The monoisotopic (exact) mass is 427 g/mol. The van der Waals surface area contributed by atoms with Crippen LogP contribution < -0.4 is 0 Å². The second-order valence-corrected chi connectivity index (χ2v) is 9.57. The van der Waals surface area contributed by atoms with Crippen molar-refractivity contribution in [2.75, 3.05) is 6.26 Å². The summed E-state index contributed by atoms with van der Waals surface area (Å²) in [5.74, 6) is 0. The molecule has 0 saturated heterocycles. The Kier molecular flexibility index (Phi) is 7.09. The minimum absolute atomic E-state index is 0.0395. The van der Waals surface area contributed by atoms with E-state index in [-0.39, 0.29) is 6.04 Å². The molecule has 146 valence electrons. The Morgan fingerprint density at radius 3 is 2.11 bits per heavy atom. The van der Waals surface area contributed by atoms with Crippen molar-refractivity contribution in [1.29, 1.82) is 0 Å². The van der Waals surface area contributed by atoms with E-state index in [2.05, 4.69) is 0 Å². The molecule has 0 spiro atoms. The van der Waals surface area contributed by atoms with Crippen molar-refractivity contribution in [2.24, 2.45) is 4.99 Å². The molecule has 2 aromatic carbocycles. The third kappa shape index (κ3) is 6.04. The third-order valence-electron chi connectivity index (χ3n) is 3.83. The first kappa shape index (κ1) is 21.9. The normalized spacial score (nSPS) is 16.2. The van der Waals surface area contributed by atoms with E-state index in [9.17, 15) is 8.42 Å². The van der Waals surface area contributed by atoms with E-state index in [0.717, 1.165) is 11.8 Å². The molecule has 0 aliphatic rings. The van der Waals surface area contributed by atoms with Crippen LogP contribution in [-0.4, -0.2) is 31.3 Å². The summed E-state index contributed by atoms with van der Waals surface area (Å²) in [6.45, 7) is 5.59. The lowest BCUT2D eigenvalue weighted by molar-refractivity contribution is 0.196. The summed E-state index contributed by atoms with van der Waals surface area (Å²) in [5, 5.41) is 0.535. The Morgan fingerprint density at radius 2 is 1.63 bits per heavy atom. The van der Waals surface area contributed by atoms with Gasteiger partial charge >= 0.3 is 0 Å². The maximum absolute atomic E-state index is 12.0. The van der Waals surface area contributed by atoms with Crippen LogP contribution in [0, 0.1) is 0 Å². The van der Waals surface area contributed by atoms with Crippen molar-refractivity contribution in [3.05, 3.63) is 70.7 Å². The van der Waals surface area contributed by atoms with Gasteiger partial charge in [0.05, 0.1) is 12.0 Å². The van der Waals surface area contributed by atoms with Gasteiger partial charge in [0.1, 0.15) is 11.0 Å². The lowest BCUT2D eigenvalue weighted by Crippen LogP contribution is -2.39. The smallest absolute Gasteiger partial charge is 0.265 e. The van der Waals surface area contributed by atoms with Crippen LogP contribution in [0.3, 0.4) is 0 Å². The number of halogens is 2. The molecule has 2 aromatic rings. The number of alkyl halides is 1. The van der Waals surface area contributed by atoms with Gasteiger partial charge in [0.25, 0.3) is 10.1 Å². The minimum atomic E-state index is -3.78. The predicted octanol–water partition coefficient (Wildman–Crippen LogP) is 5.25. The molecule has 0 heterocycles. The molecule has 0 radical (unpaired) electrons. The van der Waals surface area contributed by atoms with Gasteiger partial charge in [-0.05, 0) is 44.0 Å². The number of hydrogen-bond donors (Lipinski definition) is 0. The van der Waals surface area contributed by atoms with Crippen LogP contribution in [0.1, 0.15) is 38.0 Å². The highest BCUT2D eigenvalue weighted by Gasteiger charge is 2.42. The van der Waals surface area contributed by atoms with Crippen molar-refractivity contribution in [3.8, 4) is 0 Å². The summed E-state index contributed by atoms with van der Waals surface area (Å²) in [6.07, 6.45) is 0.0224. The quantitative estimate of drug-likeness (QED) is 0.344. The van der Waals surface area contributed by atoms with E-state index in [1.165, 1.54) is 0 Å². The number of benzene rings is 2. The standard InChI is InChI=1S/C20H23Cl2NO3S/c1-14(2)23-18(15-8-6-5-7-9-15)20(3,22)19(26-27(4,24)25)16-10-12-17(21)13-11-16/h5-14,19H,1-4H3/t19-,20-/m0/s1. The van der Waals surface area contributed by atoms with Gasteiger partial charge in [-0.3, -0.25) is 9.18 Å². The Morgan fingerprint density at radius 1 is 1.07 bits per heavy atom. The van der Waals surface area contributed by atoms with Crippen molar-refractivity contribution in [3.63, 3.8) is 0 Å². The van der Waals surface area contributed by atoms with Crippen LogP contribution in [0.25, 0.3) is 0 Å². The van der Waals surface area contributed by atoms with Crippen molar-refractivity contribution in [2.45, 2.75) is 37.8 Å². The summed E-state index contributed by atoms with van der Waals surface area (Å²) in [5.41, 5.74) is 1.96. The minimum Gasteiger partial charge on any atom is -0.284 e. The molecular weight excluding hydrogens is 405 g/mol. The first-order valence-corrected chi connectivity index (χ1v) is 11.0. The lowest BCUT2D eigenvalue weighted by atomic mass is 9.88. The molecule has 27 heavy (non-hydrogen) atoms. The van der Waals surface area contributed by atoms with Crippen LogP contribution in [0.5, 0.6) is 0 Å². The zero-order valence-electron chi connectivity index (χ0n) is 15.7. The highest BCUT2D eigenvalue weighted by molar-refractivity contribution is 7.86. The second kappa shape index (κ2) is 8.74. The Hall–Kier alpha value is -1.40. The fourth-order valence-corrected chi connectivity index (χ4v) is 3.89. The summed E-state index contributed by atoms with van der Waals surface area (Å²) in [6, 6.07) is 16.2. The van der Waals surface area contributed by atoms with Crippen LogP contribution in [0.2, 0.25) is 5.02 Å². The van der Waals surface area contributed by atoms with Crippen molar-refractivity contribution < 1.29 is 12.6 Å². The largest absolute Gasteiger partial charge is 0.284 e. The van der Waals surface area contributed by atoms with Crippen LogP contribution >= 0.6 is 23.2 Å². The molecule has 7 heteroatoms. The first-order chi connectivity index (χ1) is 12.5. The molecule has 0 bridgehead atoms. The van der Waals surface area contributed by atoms with Crippen molar-refractivity contribution >= 4 is 39.0 Å². The molecular formula is C20H23Cl2NO3S. The van der Waals surface area contributed by atoms with Gasteiger partial charge in [-0.15, -0.1) is 11.6 Å². The molecule has 0 fully saturated rings. The molecule has 0 amide bonds. The van der Waals surface area contributed by atoms with Crippen LogP contribution in [0.15, 0.2) is 59.6 Å². The highest BCUT2D eigenvalue weighted by Crippen LogP contribution is 2.40. The fourth-order valence-electron chi connectivity index (χ4n) is 2.73. The number of hydrogen-bond acceptors (Lipinski definition) is 4. The molecule has 2 rings (SSSR count). The maximum Gasteiger partial charge on any atom is 0.265 e. The van der Waals surface area contributed by atoms with Gasteiger partial charge in [0.2, 0.25) is 0 Å². The number of rotatable bonds is 7. The number of aliphatic imine (C=N–C) groups is 1. The topological polar surface area (TPSA) is 55.7 Å². The molecule has 0 aliphatic heterocycles. The Bertz CT molecular complexity index is 893. The second-order valence-electron chi connectivity index (χ2n) is 6.75. The fraction of sp³-hybridized carbons (Fsp3) is 0.350. The molecule has 0 aliphatic carbocycles. The summed E-state index contributed by atoms with van der Waals surface area (Å²) in [4.78, 5) is 3.45. The molecule has 2 atom stereocenters. The van der Waals surface area contributed by atoms with E-state index in [1.807, 2.05) is 44.2 Å². The predicted molar refractivity (Wildman–Crippen MR) is 112 cm³/mol. The lowest BCUT2D eigenvalue weighted by Gasteiger charge is -2.33. The van der Waals surface area contributed by atoms with Gasteiger partial charge in [0.15, 0.2) is 0 Å². The average molecular weight is 428 g/mol.